The minimum absolute atomic E-state index is 0.0253. The lowest BCUT2D eigenvalue weighted by atomic mass is 9.82. The normalized spacial score (nSPS) is 15.5. The second-order valence-corrected chi connectivity index (χ2v) is 8.85. The SMILES string of the molecule is C=CC(C)(C)c1cc([C@@H]2CC(=O)c3c(O)cc(O)c(CC=C(C)C)c3O2)c(OC)cc1O. The predicted octanol–water partition coefficient (Wildman–Crippen LogP) is 5.49. The molecule has 6 heteroatoms. The van der Waals surface area contributed by atoms with Gasteiger partial charge in [0.1, 0.15) is 40.4 Å². The number of carbonyl (C=O) groups is 1. The predicted molar refractivity (Wildman–Crippen MR) is 123 cm³/mol. The number of ketones is 1. The number of hydrogen-bond acceptors (Lipinski definition) is 6. The topological polar surface area (TPSA) is 96.2 Å². The van der Waals surface area contributed by atoms with Gasteiger partial charge in [-0.15, -0.1) is 6.58 Å². The zero-order valence-corrected chi connectivity index (χ0v) is 19.2. The van der Waals surface area contributed by atoms with E-state index in [4.69, 9.17) is 9.47 Å². The van der Waals surface area contributed by atoms with Crippen molar-refractivity contribution < 1.29 is 29.6 Å². The Labute approximate surface area is 188 Å². The minimum Gasteiger partial charge on any atom is -0.507 e. The Morgan fingerprint density at radius 2 is 1.88 bits per heavy atom. The quantitative estimate of drug-likeness (QED) is 0.516. The van der Waals surface area contributed by atoms with Gasteiger partial charge in [-0.3, -0.25) is 4.79 Å². The molecule has 3 N–H and O–H groups in total. The highest BCUT2D eigenvalue weighted by Crippen LogP contribution is 2.48. The van der Waals surface area contributed by atoms with Crippen molar-refractivity contribution in [3.8, 4) is 28.7 Å². The molecule has 0 aromatic heterocycles. The first-order valence-electron chi connectivity index (χ1n) is 10.5. The number of carbonyl (C=O) groups excluding carboxylic acids is 1. The van der Waals surface area contributed by atoms with Gasteiger partial charge < -0.3 is 24.8 Å². The molecule has 1 heterocycles. The Balaban J connectivity index is 2.17. The monoisotopic (exact) mass is 438 g/mol. The number of phenolic OH excluding ortho intramolecular Hbond substituents is 3. The number of Topliss-reactive ketones (excluding diaryl/α,β-unsaturated/α-hetero) is 1. The van der Waals surface area contributed by atoms with Crippen molar-refractivity contribution in [3.63, 3.8) is 0 Å². The molecule has 0 saturated heterocycles. The molecule has 0 saturated carbocycles. The van der Waals surface area contributed by atoms with E-state index in [0.29, 0.717) is 28.9 Å². The Morgan fingerprint density at radius 3 is 2.47 bits per heavy atom. The second-order valence-electron chi connectivity index (χ2n) is 8.85. The summed E-state index contributed by atoms with van der Waals surface area (Å²) in [5.41, 5.74) is 2.22. The molecule has 0 fully saturated rings. The van der Waals surface area contributed by atoms with E-state index in [1.165, 1.54) is 19.2 Å². The van der Waals surface area contributed by atoms with E-state index in [9.17, 15) is 20.1 Å². The molecule has 0 amide bonds. The molecule has 0 spiro atoms. The molecule has 32 heavy (non-hydrogen) atoms. The lowest BCUT2D eigenvalue weighted by Crippen LogP contribution is -2.23. The molecule has 170 valence electrons. The Bertz CT molecular complexity index is 1110. The minimum atomic E-state index is -0.725. The molecule has 6 nitrogen and oxygen atoms in total. The van der Waals surface area contributed by atoms with E-state index in [2.05, 4.69) is 6.58 Å². The lowest BCUT2D eigenvalue weighted by molar-refractivity contribution is 0.0839. The third-order valence-electron chi connectivity index (χ3n) is 5.86. The summed E-state index contributed by atoms with van der Waals surface area (Å²) in [5, 5.41) is 31.4. The Morgan fingerprint density at radius 1 is 1.19 bits per heavy atom. The third-order valence-corrected chi connectivity index (χ3v) is 5.86. The van der Waals surface area contributed by atoms with Crippen LogP contribution in [-0.2, 0) is 11.8 Å². The van der Waals surface area contributed by atoms with Crippen LogP contribution in [-0.4, -0.2) is 28.2 Å². The van der Waals surface area contributed by atoms with Crippen LogP contribution in [0.1, 0.15) is 67.3 Å². The zero-order valence-electron chi connectivity index (χ0n) is 19.2. The molecule has 1 aliphatic rings. The summed E-state index contributed by atoms with van der Waals surface area (Å²) in [5.74, 6) is -0.153. The first kappa shape index (κ1) is 23.3. The van der Waals surface area contributed by atoms with Gasteiger partial charge in [0.2, 0.25) is 0 Å². The average Bonchev–Trinajstić information content (AvgIpc) is 2.72. The third kappa shape index (κ3) is 4.17. The zero-order chi connectivity index (χ0) is 23.8. The molecule has 1 atom stereocenters. The summed E-state index contributed by atoms with van der Waals surface area (Å²) in [6.45, 7) is 11.6. The fourth-order valence-corrected chi connectivity index (χ4v) is 3.84. The number of rotatable bonds is 6. The summed E-state index contributed by atoms with van der Waals surface area (Å²) in [4.78, 5) is 13.1. The van der Waals surface area contributed by atoms with E-state index in [1.807, 2.05) is 33.8 Å². The van der Waals surface area contributed by atoms with E-state index >= 15 is 0 Å². The van der Waals surface area contributed by atoms with Crippen molar-refractivity contribution in [2.45, 2.75) is 52.1 Å². The molecule has 0 unspecified atom stereocenters. The van der Waals surface area contributed by atoms with Crippen LogP contribution in [0.15, 0.2) is 42.5 Å². The molecule has 3 rings (SSSR count). The van der Waals surface area contributed by atoms with Gasteiger partial charge in [-0.25, -0.2) is 0 Å². The van der Waals surface area contributed by atoms with Gasteiger partial charge in [-0.05, 0) is 26.3 Å². The van der Waals surface area contributed by atoms with Gasteiger partial charge in [0, 0.05) is 34.2 Å². The standard InChI is InChI=1S/C26H30O6/c1-7-26(4,5)17-10-16(22(31-6)12-19(17)28)23-13-21(30)24-20(29)11-18(27)15(25(24)32-23)9-8-14(2)3/h7-8,10-12,23,27-29H,1,9,13H2,2-6H3/t23-/m0/s1. The maximum atomic E-state index is 13.1. The molecule has 0 bridgehead atoms. The van der Waals surface area contributed by atoms with Crippen LogP contribution in [0.4, 0.5) is 0 Å². The molecular weight excluding hydrogens is 408 g/mol. The van der Waals surface area contributed by atoms with Crippen LogP contribution in [0.2, 0.25) is 0 Å². The smallest absolute Gasteiger partial charge is 0.174 e. The highest BCUT2D eigenvalue weighted by molar-refractivity contribution is 6.03. The first-order chi connectivity index (χ1) is 15.0. The average molecular weight is 439 g/mol. The van der Waals surface area contributed by atoms with E-state index in [1.54, 1.807) is 12.1 Å². The van der Waals surface area contributed by atoms with Gasteiger partial charge in [0.05, 0.1) is 13.5 Å². The molecule has 0 aliphatic carbocycles. The van der Waals surface area contributed by atoms with Gasteiger partial charge >= 0.3 is 0 Å². The molecule has 2 aromatic carbocycles. The van der Waals surface area contributed by atoms with Crippen molar-refractivity contribution in [1.82, 2.24) is 0 Å². The molecule has 1 aliphatic heterocycles. The number of phenols is 3. The van der Waals surface area contributed by atoms with E-state index in [-0.39, 0.29) is 40.8 Å². The number of hydrogen-bond donors (Lipinski definition) is 3. The number of aromatic hydroxyl groups is 3. The van der Waals surface area contributed by atoms with Crippen molar-refractivity contribution in [1.29, 1.82) is 0 Å². The number of fused-ring (bicyclic) bond motifs is 1. The molecule has 0 radical (unpaired) electrons. The van der Waals surface area contributed by atoms with Crippen molar-refractivity contribution in [2.24, 2.45) is 0 Å². The van der Waals surface area contributed by atoms with Crippen LogP contribution in [0, 0.1) is 0 Å². The maximum absolute atomic E-state index is 13.1. The van der Waals surface area contributed by atoms with Crippen molar-refractivity contribution >= 4 is 5.78 Å². The van der Waals surface area contributed by atoms with Crippen LogP contribution in [0.5, 0.6) is 28.7 Å². The van der Waals surface area contributed by atoms with Crippen LogP contribution in [0.3, 0.4) is 0 Å². The van der Waals surface area contributed by atoms with Gasteiger partial charge in [0.25, 0.3) is 0 Å². The fraction of sp³-hybridized carbons (Fsp3) is 0.346. The van der Waals surface area contributed by atoms with Crippen LogP contribution in [0.25, 0.3) is 0 Å². The Hall–Kier alpha value is -3.41. The highest BCUT2D eigenvalue weighted by atomic mass is 16.5. The van der Waals surface area contributed by atoms with E-state index in [0.717, 1.165) is 5.57 Å². The van der Waals surface area contributed by atoms with Crippen LogP contribution < -0.4 is 9.47 Å². The number of methoxy groups -OCH3 is 1. The largest absolute Gasteiger partial charge is 0.507 e. The fourth-order valence-electron chi connectivity index (χ4n) is 3.84. The van der Waals surface area contributed by atoms with E-state index < -0.39 is 11.5 Å². The van der Waals surface area contributed by atoms with Crippen LogP contribution >= 0.6 is 0 Å². The highest BCUT2D eigenvalue weighted by Gasteiger charge is 2.36. The molecule has 2 aromatic rings. The Kier molecular flexibility index (Phi) is 6.26. The maximum Gasteiger partial charge on any atom is 0.174 e. The van der Waals surface area contributed by atoms with Crippen molar-refractivity contribution in [3.05, 3.63) is 64.8 Å². The number of allylic oxidation sites excluding steroid dienone is 3. The second kappa shape index (κ2) is 8.61. The molecular formula is C26H30O6. The lowest BCUT2D eigenvalue weighted by Gasteiger charge is -2.30. The summed E-state index contributed by atoms with van der Waals surface area (Å²) in [7, 11) is 1.48. The summed E-state index contributed by atoms with van der Waals surface area (Å²) < 4.78 is 11.7. The van der Waals surface area contributed by atoms with Crippen molar-refractivity contribution in [2.75, 3.05) is 7.11 Å². The number of ether oxygens (including phenoxy) is 2. The summed E-state index contributed by atoms with van der Waals surface area (Å²) in [6.07, 6.45) is 3.24. The number of benzene rings is 2. The van der Waals surface area contributed by atoms with Gasteiger partial charge in [0.15, 0.2) is 5.78 Å². The summed E-state index contributed by atoms with van der Waals surface area (Å²) in [6, 6.07) is 4.45. The first-order valence-corrected chi connectivity index (χ1v) is 10.5. The summed E-state index contributed by atoms with van der Waals surface area (Å²) >= 11 is 0. The van der Waals surface area contributed by atoms with Gasteiger partial charge in [-0.2, -0.15) is 0 Å². The van der Waals surface area contributed by atoms with Gasteiger partial charge in [-0.1, -0.05) is 31.6 Å².